The number of fused-ring (bicyclic) bond motifs is 2. The molecule has 2 aliphatic heterocycles. The molecule has 5 fully saturated rings. The first-order valence-corrected chi connectivity index (χ1v) is 19.2. The molecule has 10 rings (SSSR count). The highest BCUT2D eigenvalue weighted by molar-refractivity contribution is 5.98. The normalized spacial score (nSPS) is 33.4. The number of nitrogens with one attached hydrogen (secondary N) is 1. The minimum absolute atomic E-state index is 0.0374. The molecule has 6 nitrogen and oxygen atoms in total. The molecule has 4 saturated carbocycles. The molecule has 50 heavy (non-hydrogen) atoms. The van der Waals surface area contributed by atoms with Crippen LogP contribution in [0.3, 0.4) is 0 Å². The van der Waals surface area contributed by atoms with E-state index in [4.69, 9.17) is 9.47 Å². The van der Waals surface area contributed by atoms with Crippen molar-refractivity contribution in [3.05, 3.63) is 89.0 Å². The van der Waals surface area contributed by atoms with E-state index in [-0.39, 0.29) is 34.2 Å². The number of hydrogen-bond donors (Lipinski definition) is 2. The summed E-state index contributed by atoms with van der Waals surface area (Å²) in [5.41, 5.74) is 4.67. The molecule has 3 aromatic carbocycles. The number of hydrogen-bond acceptors (Lipinski definition) is 5. The number of likely N-dealkylation sites (tertiary alicyclic amines) is 1. The highest BCUT2D eigenvalue weighted by atomic mass is 16.6. The third kappa shape index (κ3) is 4.40. The standard InChI is InChI=1S/C44H54N2O4/c1-40(2,3)41(4,48)34-26-42-20-21-44(34,49-5)39-43(42)22-24-46(27-29-11-12-29)35(42)25-32-17-18-33(37(50-39)36(32)43)38(47)45-23-19-28-13-15-31(16-14-28)30-9-7-6-8-10-30/h6-10,13-18,29,34-35,39,48H,11-12,19-27H2,1-5H3,(H,45,47)/t34-,35-,39?,41-,42-,43+,44?/m1/s1. The van der Waals surface area contributed by atoms with Crippen LogP contribution in [0, 0.1) is 22.7 Å². The van der Waals surface area contributed by atoms with Crippen LogP contribution >= 0.6 is 0 Å². The summed E-state index contributed by atoms with van der Waals surface area (Å²) in [7, 11) is 1.84. The van der Waals surface area contributed by atoms with E-state index in [2.05, 4.69) is 85.6 Å². The van der Waals surface area contributed by atoms with Gasteiger partial charge in [-0.2, -0.15) is 0 Å². The summed E-state index contributed by atoms with van der Waals surface area (Å²) in [5.74, 6) is 1.45. The van der Waals surface area contributed by atoms with Gasteiger partial charge in [0.15, 0.2) is 0 Å². The summed E-state index contributed by atoms with van der Waals surface area (Å²) in [6.07, 6.45) is 8.08. The van der Waals surface area contributed by atoms with Gasteiger partial charge in [0.2, 0.25) is 0 Å². The van der Waals surface area contributed by atoms with Crippen molar-refractivity contribution in [1.82, 2.24) is 10.2 Å². The van der Waals surface area contributed by atoms with Crippen LogP contribution in [0.25, 0.3) is 11.1 Å². The lowest BCUT2D eigenvalue weighted by Crippen LogP contribution is -2.83. The number of nitrogens with zero attached hydrogens (tertiary/aromatic N) is 1. The maximum Gasteiger partial charge on any atom is 0.255 e. The van der Waals surface area contributed by atoms with Gasteiger partial charge in [-0.3, -0.25) is 9.69 Å². The van der Waals surface area contributed by atoms with Crippen LogP contribution in [0.2, 0.25) is 0 Å². The Kier molecular flexibility index (Phi) is 7.29. The maximum atomic E-state index is 14.1. The molecular formula is C44H54N2O4. The second kappa shape index (κ2) is 11.2. The average molecular weight is 675 g/mol. The lowest BCUT2D eigenvalue weighted by Gasteiger charge is -2.75. The molecule has 5 aliphatic carbocycles. The predicted octanol–water partition coefficient (Wildman–Crippen LogP) is 7.35. The molecule has 4 bridgehead atoms. The highest BCUT2D eigenvalue weighted by Gasteiger charge is 2.82. The van der Waals surface area contributed by atoms with Crippen LogP contribution in [-0.4, -0.2) is 66.0 Å². The zero-order valence-corrected chi connectivity index (χ0v) is 30.6. The molecule has 7 aliphatic rings. The summed E-state index contributed by atoms with van der Waals surface area (Å²) in [5, 5.41) is 15.8. The summed E-state index contributed by atoms with van der Waals surface area (Å²) in [6.45, 7) is 11.3. The molecule has 0 aromatic heterocycles. The third-order valence-electron chi connectivity index (χ3n) is 14.9. The van der Waals surface area contributed by atoms with Gasteiger partial charge in [0, 0.05) is 48.6 Å². The molecule has 2 spiro atoms. The Bertz CT molecular complexity index is 1810. The van der Waals surface area contributed by atoms with Gasteiger partial charge in [-0.05, 0) is 104 Å². The van der Waals surface area contributed by atoms with Crippen molar-refractivity contribution in [1.29, 1.82) is 0 Å². The van der Waals surface area contributed by atoms with Gasteiger partial charge in [0.05, 0.1) is 11.2 Å². The second-order valence-corrected chi connectivity index (χ2v) is 17.9. The minimum Gasteiger partial charge on any atom is -0.485 e. The van der Waals surface area contributed by atoms with E-state index in [1.165, 1.54) is 47.2 Å². The van der Waals surface area contributed by atoms with E-state index in [0.717, 1.165) is 56.7 Å². The Morgan fingerprint density at radius 2 is 1.72 bits per heavy atom. The summed E-state index contributed by atoms with van der Waals surface area (Å²) in [6, 6.07) is 23.7. The summed E-state index contributed by atoms with van der Waals surface area (Å²) in [4.78, 5) is 16.9. The van der Waals surface area contributed by atoms with Gasteiger partial charge in [0.25, 0.3) is 5.91 Å². The predicted molar refractivity (Wildman–Crippen MR) is 196 cm³/mol. The molecule has 2 unspecified atom stereocenters. The molecule has 7 atom stereocenters. The number of piperidine rings is 1. The zero-order valence-electron chi connectivity index (χ0n) is 30.6. The number of carbonyl (C=O) groups is 1. The Morgan fingerprint density at radius 3 is 2.42 bits per heavy atom. The molecule has 1 amide bonds. The van der Waals surface area contributed by atoms with Crippen LogP contribution < -0.4 is 10.1 Å². The lowest BCUT2D eigenvalue weighted by molar-refractivity contribution is -0.312. The highest BCUT2D eigenvalue weighted by Crippen LogP contribution is 2.77. The molecular weight excluding hydrogens is 620 g/mol. The topological polar surface area (TPSA) is 71.0 Å². The van der Waals surface area contributed by atoms with Gasteiger partial charge >= 0.3 is 0 Å². The van der Waals surface area contributed by atoms with E-state index in [9.17, 15) is 9.90 Å². The van der Waals surface area contributed by atoms with Crippen molar-refractivity contribution in [3.63, 3.8) is 0 Å². The fraction of sp³-hybridized carbons (Fsp3) is 0.568. The number of methoxy groups -OCH3 is 1. The molecule has 6 heteroatoms. The monoisotopic (exact) mass is 674 g/mol. The van der Waals surface area contributed by atoms with Gasteiger partial charge in [0.1, 0.15) is 17.5 Å². The number of benzene rings is 3. The van der Waals surface area contributed by atoms with Crippen LogP contribution in [0.4, 0.5) is 0 Å². The summed E-state index contributed by atoms with van der Waals surface area (Å²) >= 11 is 0. The van der Waals surface area contributed by atoms with Crippen LogP contribution in [0.15, 0.2) is 66.7 Å². The number of carbonyl (C=O) groups excluding carboxylic acids is 1. The average Bonchev–Trinajstić information content (AvgIpc) is 3.86. The SMILES string of the molecule is COC12CC[C@@]3(C[C@@H]1[C@@](C)(O)C(C)(C)C)[C@H]1Cc4ccc(C(=O)NCCc5ccc(-c6ccccc6)cc5)c5c4[C@@]3(CCN1CC1CC1)C2O5. The van der Waals surface area contributed by atoms with E-state index in [1.807, 2.05) is 26.2 Å². The van der Waals surface area contributed by atoms with Crippen LogP contribution in [0.1, 0.15) is 93.3 Å². The van der Waals surface area contributed by atoms with Crippen molar-refractivity contribution in [2.75, 3.05) is 26.7 Å². The number of rotatable bonds is 9. The molecule has 1 saturated heterocycles. The van der Waals surface area contributed by atoms with Crippen molar-refractivity contribution in [2.24, 2.45) is 22.7 Å². The van der Waals surface area contributed by atoms with Crippen molar-refractivity contribution >= 4 is 5.91 Å². The van der Waals surface area contributed by atoms with E-state index in [0.29, 0.717) is 18.2 Å². The summed E-state index contributed by atoms with van der Waals surface area (Å²) < 4.78 is 14.1. The quantitative estimate of drug-likeness (QED) is 0.249. The Labute approximate surface area is 297 Å². The first-order valence-electron chi connectivity index (χ1n) is 19.2. The molecule has 0 radical (unpaired) electrons. The molecule has 2 heterocycles. The van der Waals surface area contributed by atoms with E-state index in [1.54, 1.807) is 0 Å². The Morgan fingerprint density at radius 1 is 0.980 bits per heavy atom. The van der Waals surface area contributed by atoms with Gasteiger partial charge < -0.3 is 19.9 Å². The number of amides is 1. The molecule has 264 valence electrons. The largest absolute Gasteiger partial charge is 0.485 e. The van der Waals surface area contributed by atoms with Gasteiger partial charge in [-0.1, -0.05) is 81.4 Å². The second-order valence-electron chi connectivity index (χ2n) is 17.9. The zero-order chi connectivity index (χ0) is 34.7. The fourth-order valence-corrected chi connectivity index (χ4v) is 11.7. The number of ether oxygens (including phenoxy) is 2. The molecule has 2 N–H and O–H groups in total. The minimum atomic E-state index is -0.967. The van der Waals surface area contributed by atoms with Crippen molar-refractivity contribution < 1.29 is 19.4 Å². The fourth-order valence-electron chi connectivity index (χ4n) is 11.7. The lowest BCUT2D eigenvalue weighted by atomic mass is 9.33. The van der Waals surface area contributed by atoms with Crippen LogP contribution in [0.5, 0.6) is 5.75 Å². The van der Waals surface area contributed by atoms with Gasteiger partial charge in [-0.15, -0.1) is 0 Å². The number of aliphatic hydroxyl groups is 1. The van der Waals surface area contributed by atoms with Crippen molar-refractivity contribution in [2.45, 2.75) is 108 Å². The van der Waals surface area contributed by atoms with Crippen LogP contribution in [-0.2, 0) is 23.0 Å². The first-order chi connectivity index (χ1) is 23.9. The third-order valence-corrected chi connectivity index (χ3v) is 14.9. The van der Waals surface area contributed by atoms with E-state index < -0.39 is 11.2 Å². The first kappa shape index (κ1) is 32.7. The maximum absolute atomic E-state index is 14.1. The van der Waals surface area contributed by atoms with Crippen molar-refractivity contribution in [3.8, 4) is 16.9 Å². The van der Waals surface area contributed by atoms with Gasteiger partial charge in [-0.25, -0.2) is 0 Å². The smallest absolute Gasteiger partial charge is 0.255 e. The Balaban J connectivity index is 1.06. The Hall–Kier alpha value is -3.19. The molecule has 3 aromatic rings. The van der Waals surface area contributed by atoms with E-state index >= 15 is 0 Å².